The Morgan fingerprint density at radius 1 is 1.33 bits per heavy atom. The number of oxazole rings is 1. The van der Waals surface area contributed by atoms with Crippen molar-refractivity contribution in [2.24, 2.45) is 0 Å². The molecule has 0 bridgehead atoms. The predicted octanol–water partition coefficient (Wildman–Crippen LogP) is 1.94. The second kappa shape index (κ2) is 6.69. The predicted molar refractivity (Wildman–Crippen MR) is 82.2 cm³/mol. The number of halogens is 1. The zero-order valence-electron chi connectivity index (χ0n) is 11.7. The fraction of sp³-hybridized carbons (Fsp3) is 0.308. The molecule has 0 amide bonds. The van der Waals surface area contributed by atoms with Gasteiger partial charge in [-0.05, 0) is 47.6 Å². The number of nitrogens with one attached hydrogen (secondary N) is 2. The van der Waals surface area contributed by atoms with E-state index in [2.05, 4.69) is 31.0 Å². The van der Waals surface area contributed by atoms with Crippen LogP contribution in [0.5, 0.6) is 0 Å². The average molecular weight is 374 g/mol. The smallest absolute Gasteiger partial charge is 0.242 e. The zero-order valence-corrected chi connectivity index (χ0v) is 14.1. The van der Waals surface area contributed by atoms with E-state index in [1.807, 2.05) is 7.05 Å². The van der Waals surface area contributed by atoms with Gasteiger partial charge in [0, 0.05) is 11.0 Å². The van der Waals surface area contributed by atoms with Crippen LogP contribution < -0.4 is 10.0 Å². The van der Waals surface area contributed by atoms with Crippen LogP contribution in [0.2, 0.25) is 0 Å². The molecule has 0 aliphatic carbocycles. The third kappa shape index (κ3) is 4.13. The molecule has 1 aromatic heterocycles. The average Bonchev–Trinajstić information content (AvgIpc) is 2.83. The first-order valence-electron chi connectivity index (χ1n) is 6.26. The van der Waals surface area contributed by atoms with Crippen molar-refractivity contribution in [2.75, 3.05) is 7.05 Å². The van der Waals surface area contributed by atoms with E-state index in [1.54, 1.807) is 31.3 Å². The molecule has 2 N–H and O–H groups in total. The van der Waals surface area contributed by atoms with E-state index in [9.17, 15) is 8.42 Å². The Kier molecular flexibility index (Phi) is 5.15. The van der Waals surface area contributed by atoms with E-state index < -0.39 is 10.0 Å². The van der Waals surface area contributed by atoms with Gasteiger partial charge in [-0.25, -0.2) is 18.1 Å². The summed E-state index contributed by atoms with van der Waals surface area (Å²) in [6.07, 6.45) is 1.55. The maximum atomic E-state index is 12.3. The summed E-state index contributed by atoms with van der Waals surface area (Å²) in [5, 5.41) is 3.01. The van der Waals surface area contributed by atoms with Gasteiger partial charge in [0.25, 0.3) is 0 Å². The fourth-order valence-electron chi connectivity index (χ4n) is 1.79. The lowest BCUT2D eigenvalue weighted by Crippen LogP contribution is -2.23. The largest absolute Gasteiger partial charge is 0.445 e. The quantitative estimate of drug-likeness (QED) is 0.808. The summed E-state index contributed by atoms with van der Waals surface area (Å²) in [4.78, 5) is 4.15. The lowest BCUT2D eigenvalue weighted by atomic mass is 10.2. The van der Waals surface area contributed by atoms with Crippen molar-refractivity contribution < 1.29 is 12.8 Å². The molecule has 0 saturated carbocycles. The van der Waals surface area contributed by atoms with Crippen LogP contribution in [0.1, 0.15) is 17.2 Å². The number of hydrogen-bond acceptors (Lipinski definition) is 5. The third-order valence-electron chi connectivity index (χ3n) is 2.75. The summed E-state index contributed by atoms with van der Waals surface area (Å²) in [6, 6.07) is 5.12. The van der Waals surface area contributed by atoms with Gasteiger partial charge in [-0.1, -0.05) is 6.07 Å². The minimum atomic E-state index is -3.63. The molecule has 0 saturated heterocycles. The summed E-state index contributed by atoms with van der Waals surface area (Å²) in [5.41, 5.74) is 0.992. The second-order valence-electron chi connectivity index (χ2n) is 4.48. The van der Waals surface area contributed by atoms with Gasteiger partial charge in [-0.2, -0.15) is 0 Å². The monoisotopic (exact) mass is 373 g/mol. The molecule has 6 nitrogen and oxygen atoms in total. The first-order chi connectivity index (χ1) is 9.92. The van der Waals surface area contributed by atoms with Gasteiger partial charge in [-0.3, -0.25) is 0 Å². The molecule has 0 fully saturated rings. The molecule has 0 aliphatic heterocycles. The Morgan fingerprint density at radius 2 is 2.10 bits per heavy atom. The van der Waals surface area contributed by atoms with Crippen molar-refractivity contribution in [3.63, 3.8) is 0 Å². The highest BCUT2D eigenvalue weighted by Crippen LogP contribution is 2.23. The van der Waals surface area contributed by atoms with Crippen molar-refractivity contribution in [3.05, 3.63) is 46.1 Å². The minimum Gasteiger partial charge on any atom is -0.445 e. The van der Waals surface area contributed by atoms with Crippen LogP contribution in [0.25, 0.3) is 0 Å². The number of hydrogen-bond donors (Lipinski definition) is 2. The van der Waals surface area contributed by atoms with Crippen LogP contribution in [0, 0.1) is 6.92 Å². The highest BCUT2D eigenvalue weighted by molar-refractivity contribution is 9.10. The zero-order chi connectivity index (χ0) is 15.5. The van der Waals surface area contributed by atoms with Crippen molar-refractivity contribution in [2.45, 2.75) is 24.9 Å². The van der Waals surface area contributed by atoms with Crippen LogP contribution in [-0.2, 0) is 23.1 Å². The van der Waals surface area contributed by atoms with Crippen molar-refractivity contribution in [1.82, 2.24) is 15.0 Å². The van der Waals surface area contributed by atoms with Crippen LogP contribution in [0.4, 0.5) is 0 Å². The summed E-state index contributed by atoms with van der Waals surface area (Å²) in [7, 11) is -1.80. The molecular weight excluding hydrogens is 358 g/mol. The number of sulfonamides is 1. The fourth-order valence-corrected chi connectivity index (χ4v) is 3.89. The molecule has 21 heavy (non-hydrogen) atoms. The Balaban J connectivity index is 2.15. The molecule has 0 atom stereocenters. The topological polar surface area (TPSA) is 84.2 Å². The molecule has 1 aromatic carbocycles. The number of rotatable bonds is 6. The molecule has 0 spiro atoms. The van der Waals surface area contributed by atoms with Crippen LogP contribution in [-0.4, -0.2) is 20.4 Å². The summed E-state index contributed by atoms with van der Waals surface area (Å²) >= 11 is 3.30. The van der Waals surface area contributed by atoms with Gasteiger partial charge in [0.15, 0.2) is 0 Å². The lowest BCUT2D eigenvalue weighted by Gasteiger charge is -2.09. The van der Waals surface area contributed by atoms with Crippen molar-refractivity contribution in [3.8, 4) is 0 Å². The molecule has 1 heterocycles. The summed E-state index contributed by atoms with van der Waals surface area (Å²) in [5.74, 6) is 0.973. The molecule has 0 unspecified atom stereocenters. The molecule has 8 heteroatoms. The van der Waals surface area contributed by atoms with Crippen LogP contribution in [0.15, 0.2) is 38.2 Å². The number of aromatic nitrogens is 1. The van der Waals surface area contributed by atoms with Crippen LogP contribution >= 0.6 is 15.9 Å². The van der Waals surface area contributed by atoms with Crippen molar-refractivity contribution in [1.29, 1.82) is 0 Å². The highest BCUT2D eigenvalue weighted by Gasteiger charge is 2.18. The number of nitrogens with zero attached hydrogens (tertiary/aromatic N) is 1. The van der Waals surface area contributed by atoms with E-state index in [-0.39, 0.29) is 11.4 Å². The first-order valence-corrected chi connectivity index (χ1v) is 8.54. The Morgan fingerprint density at radius 3 is 2.67 bits per heavy atom. The Hall–Kier alpha value is -1.22. The third-order valence-corrected chi connectivity index (χ3v) is 5.13. The molecule has 114 valence electrons. The Labute approximate surface area is 132 Å². The Bertz CT molecular complexity index is 728. The SMILES string of the molecule is CNCc1ccc(S(=O)(=O)NCc2ncc(C)o2)c(Br)c1. The number of benzene rings is 1. The van der Waals surface area contributed by atoms with Gasteiger partial charge < -0.3 is 9.73 Å². The molecule has 2 rings (SSSR count). The van der Waals surface area contributed by atoms with E-state index >= 15 is 0 Å². The van der Waals surface area contributed by atoms with E-state index in [1.165, 1.54) is 0 Å². The van der Waals surface area contributed by atoms with Gasteiger partial charge in [-0.15, -0.1) is 0 Å². The lowest BCUT2D eigenvalue weighted by molar-refractivity contribution is 0.463. The van der Waals surface area contributed by atoms with Gasteiger partial charge in [0.2, 0.25) is 15.9 Å². The first kappa shape index (κ1) is 16.2. The minimum absolute atomic E-state index is 0.0148. The van der Waals surface area contributed by atoms with Gasteiger partial charge in [0.1, 0.15) is 5.76 Å². The highest BCUT2D eigenvalue weighted by atomic mass is 79.9. The van der Waals surface area contributed by atoms with Gasteiger partial charge >= 0.3 is 0 Å². The molecule has 2 aromatic rings. The molecule has 0 radical (unpaired) electrons. The maximum Gasteiger partial charge on any atom is 0.242 e. The number of aryl methyl sites for hydroxylation is 1. The van der Waals surface area contributed by atoms with E-state index in [4.69, 9.17) is 4.42 Å². The van der Waals surface area contributed by atoms with Crippen molar-refractivity contribution >= 4 is 26.0 Å². The summed E-state index contributed by atoms with van der Waals surface area (Å²) in [6.45, 7) is 2.44. The van der Waals surface area contributed by atoms with E-state index in [0.717, 1.165) is 5.56 Å². The summed E-state index contributed by atoms with van der Waals surface area (Å²) < 4.78 is 32.8. The standard InChI is InChI=1S/C13H16BrN3O3S/c1-9-6-16-13(20-9)8-17-21(18,19)12-4-3-10(7-15-2)5-11(12)14/h3-6,15,17H,7-8H2,1-2H3. The van der Waals surface area contributed by atoms with Gasteiger partial charge in [0.05, 0.1) is 17.6 Å². The molecule has 0 aliphatic rings. The second-order valence-corrected chi connectivity index (χ2v) is 7.07. The van der Waals surface area contributed by atoms with Crippen LogP contribution in [0.3, 0.4) is 0 Å². The van der Waals surface area contributed by atoms with E-state index in [0.29, 0.717) is 22.7 Å². The normalized spacial score (nSPS) is 11.8. The molecular formula is C13H16BrN3O3S. The maximum absolute atomic E-state index is 12.3.